The summed E-state index contributed by atoms with van der Waals surface area (Å²) in [4.78, 5) is 22.7. The van der Waals surface area contributed by atoms with Gasteiger partial charge in [0.2, 0.25) is 11.8 Å². The summed E-state index contributed by atoms with van der Waals surface area (Å²) in [5.74, 6) is -1.18. The van der Waals surface area contributed by atoms with Gasteiger partial charge in [0.1, 0.15) is 0 Å². The molecule has 1 aromatic carbocycles. The number of hydrogen-bond acceptors (Lipinski definition) is 4. The van der Waals surface area contributed by atoms with Crippen molar-refractivity contribution in [1.29, 1.82) is 0 Å². The minimum absolute atomic E-state index is 0.000252. The number of nitrogens with two attached hydrogens (primary N) is 1. The molecule has 9 heteroatoms. The van der Waals surface area contributed by atoms with E-state index in [2.05, 4.69) is 16.0 Å². The molecule has 1 rings (SSSR count). The predicted octanol–water partition coefficient (Wildman–Crippen LogP) is 1.54. The van der Waals surface area contributed by atoms with Crippen LogP contribution in [0.3, 0.4) is 0 Å². The molecule has 0 aromatic heterocycles. The lowest BCUT2D eigenvalue weighted by Gasteiger charge is -2.16. The first kappa shape index (κ1) is 18.8. The van der Waals surface area contributed by atoms with E-state index in [1.165, 1.54) is 6.07 Å². The van der Waals surface area contributed by atoms with Gasteiger partial charge in [0.25, 0.3) is 0 Å². The lowest BCUT2D eigenvalue weighted by molar-refractivity contribution is -0.137. The normalized spacial score (nSPS) is 11.0. The van der Waals surface area contributed by atoms with E-state index in [0.717, 1.165) is 18.6 Å². The number of alkyl halides is 3. The van der Waals surface area contributed by atoms with Gasteiger partial charge < -0.3 is 21.7 Å². The third kappa shape index (κ3) is 6.15. The Kier molecular flexibility index (Phi) is 6.83. The van der Waals surface area contributed by atoms with Gasteiger partial charge in [-0.05, 0) is 24.6 Å². The zero-order valence-electron chi connectivity index (χ0n) is 12.6. The molecule has 0 radical (unpaired) electrons. The van der Waals surface area contributed by atoms with Crippen LogP contribution >= 0.6 is 0 Å². The Balaban J connectivity index is 2.90. The van der Waals surface area contributed by atoms with Crippen LogP contribution in [0.25, 0.3) is 0 Å². The number of hydrogen-bond donors (Lipinski definition) is 4. The van der Waals surface area contributed by atoms with Crippen LogP contribution in [0.15, 0.2) is 18.2 Å². The van der Waals surface area contributed by atoms with Crippen LogP contribution in [-0.2, 0) is 15.8 Å². The second kappa shape index (κ2) is 8.37. The van der Waals surface area contributed by atoms with E-state index in [1.54, 1.807) is 0 Å². The first-order valence-electron chi connectivity index (χ1n) is 6.99. The van der Waals surface area contributed by atoms with Crippen molar-refractivity contribution in [1.82, 2.24) is 5.32 Å². The van der Waals surface area contributed by atoms with Gasteiger partial charge in [-0.15, -0.1) is 0 Å². The molecule has 0 aliphatic rings. The standard InChI is InChI=1S/C14H19F3N4O2/c1-2-5-19-10-4-3-9(14(15,16)17)6-11(10)21-13(23)8-20-12(22)7-18/h3-4,6,19H,2,5,7-8,18H2,1H3,(H,20,22)(H,21,23). The number of carbonyl (C=O) groups excluding carboxylic acids is 2. The van der Waals surface area contributed by atoms with Crippen molar-refractivity contribution < 1.29 is 22.8 Å². The number of nitrogens with one attached hydrogen (secondary N) is 3. The molecule has 23 heavy (non-hydrogen) atoms. The minimum atomic E-state index is -4.52. The Hall–Kier alpha value is -2.29. The van der Waals surface area contributed by atoms with Crippen molar-refractivity contribution >= 4 is 23.2 Å². The van der Waals surface area contributed by atoms with E-state index < -0.39 is 23.6 Å². The molecule has 0 saturated carbocycles. The number of amides is 2. The maximum absolute atomic E-state index is 12.8. The Morgan fingerprint density at radius 1 is 1.17 bits per heavy atom. The smallest absolute Gasteiger partial charge is 0.383 e. The summed E-state index contributed by atoms with van der Waals surface area (Å²) >= 11 is 0. The highest BCUT2D eigenvalue weighted by atomic mass is 19.4. The molecule has 0 unspecified atom stereocenters. The maximum Gasteiger partial charge on any atom is 0.416 e. The summed E-state index contributed by atoms with van der Waals surface area (Å²) in [7, 11) is 0. The van der Waals surface area contributed by atoms with Crippen molar-refractivity contribution in [2.45, 2.75) is 19.5 Å². The molecule has 0 aliphatic carbocycles. The Bertz CT molecular complexity index is 561. The van der Waals surface area contributed by atoms with Crippen LogP contribution in [0.1, 0.15) is 18.9 Å². The Morgan fingerprint density at radius 3 is 2.43 bits per heavy atom. The number of benzene rings is 1. The third-order valence-corrected chi connectivity index (χ3v) is 2.82. The first-order valence-corrected chi connectivity index (χ1v) is 6.99. The SMILES string of the molecule is CCCNc1ccc(C(F)(F)F)cc1NC(=O)CNC(=O)CN. The summed E-state index contributed by atoms with van der Waals surface area (Å²) < 4.78 is 38.4. The van der Waals surface area contributed by atoms with Gasteiger partial charge in [0.05, 0.1) is 30.0 Å². The Labute approximate surface area is 131 Å². The quantitative estimate of drug-likeness (QED) is 0.609. The molecular formula is C14H19F3N4O2. The van der Waals surface area contributed by atoms with Gasteiger partial charge in [0, 0.05) is 6.54 Å². The van der Waals surface area contributed by atoms with Gasteiger partial charge in [-0.1, -0.05) is 6.92 Å². The highest BCUT2D eigenvalue weighted by Crippen LogP contribution is 2.34. The van der Waals surface area contributed by atoms with Crippen LogP contribution in [-0.4, -0.2) is 31.4 Å². The zero-order valence-corrected chi connectivity index (χ0v) is 12.6. The van der Waals surface area contributed by atoms with Crippen LogP contribution in [0.5, 0.6) is 0 Å². The molecule has 6 nitrogen and oxygen atoms in total. The molecule has 128 valence electrons. The van der Waals surface area contributed by atoms with Gasteiger partial charge in [-0.2, -0.15) is 13.2 Å². The monoisotopic (exact) mass is 332 g/mol. The molecule has 0 aliphatic heterocycles. The van der Waals surface area contributed by atoms with E-state index in [-0.39, 0.29) is 18.8 Å². The highest BCUT2D eigenvalue weighted by Gasteiger charge is 2.31. The molecule has 5 N–H and O–H groups in total. The summed E-state index contributed by atoms with van der Waals surface area (Å²) in [6.07, 6.45) is -3.75. The lowest BCUT2D eigenvalue weighted by Crippen LogP contribution is -2.36. The summed E-state index contributed by atoms with van der Waals surface area (Å²) in [5.41, 5.74) is 4.58. The molecule has 1 aromatic rings. The van der Waals surface area contributed by atoms with Crippen LogP contribution in [0.2, 0.25) is 0 Å². The summed E-state index contributed by atoms with van der Waals surface area (Å²) in [6.45, 7) is 1.79. The summed E-state index contributed by atoms with van der Waals surface area (Å²) in [5, 5.41) is 7.53. The van der Waals surface area contributed by atoms with E-state index >= 15 is 0 Å². The van der Waals surface area contributed by atoms with Gasteiger partial charge in [-0.3, -0.25) is 9.59 Å². The van der Waals surface area contributed by atoms with E-state index in [9.17, 15) is 22.8 Å². The molecular weight excluding hydrogens is 313 g/mol. The topological polar surface area (TPSA) is 96.2 Å². The third-order valence-electron chi connectivity index (χ3n) is 2.82. The van der Waals surface area contributed by atoms with Crippen molar-refractivity contribution in [3.8, 4) is 0 Å². The van der Waals surface area contributed by atoms with Crippen LogP contribution in [0.4, 0.5) is 24.5 Å². The first-order chi connectivity index (χ1) is 10.8. The highest BCUT2D eigenvalue weighted by molar-refractivity contribution is 5.97. The van der Waals surface area contributed by atoms with Crippen LogP contribution < -0.4 is 21.7 Å². The van der Waals surface area contributed by atoms with E-state index in [4.69, 9.17) is 5.73 Å². The van der Waals surface area contributed by atoms with Gasteiger partial charge in [0.15, 0.2) is 0 Å². The van der Waals surface area contributed by atoms with Gasteiger partial charge in [-0.25, -0.2) is 0 Å². The molecule has 2 amide bonds. The minimum Gasteiger partial charge on any atom is -0.383 e. The fourth-order valence-corrected chi connectivity index (χ4v) is 1.68. The Morgan fingerprint density at radius 2 is 1.87 bits per heavy atom. The maximum atomic E-state index is 12.8. The van der Waals surface area contributed by atoms with E-state index in [0.29, 0.717) is 12.2 Å². The summed E-state index contributed by atoms with van der Waals surface area (Å²) in [6, 6.07) is 3.04. The number of rotatable bonds is 7. The molecule has 0 bridgehead atoms. The van der Waals surface area contributed by atoms with E-state index in [1.807, 2.05) is 6.92 Å². The molecule has 0 fully saturated rings. The number of carbonyl (C=O) groups is 2. The second-order valence-electron chi connectivity index (χ2n) is 4.71. The second-order valence-corrected chi connectivity index (χ2v) is 4.71. The number of anilines is 2. The largest absolute Gasteiger partial charge is 0.416 e. The van der Waals surface area contributed by atoms with Gasteiger partial charge >= 0.3 is 6.18 Å². The molecule has 0 spiro atoms. The average molecular weight is 332 g/mol. The van der Waals surface area contributed by atoms with Crippen molar-refractivity contribution in [2.24, 2.45) is 5.73 Å². The van der Waals surface area contributed by atoms with Crippen molar-refractivity contribution in [3.63, 3.8) is 0 Å². The molecule has 0 heterocycles. The zero-order chi connectivity index (χ0) is 17.5. The fourth-order valence-electron chi connectivity index (χ4n) is 1.68. The molecule has 0 atom stereocenters. The lowest BCUT2D eigenvalue weighted by atomic mass is 10.1. The van der Waals surface area contributed by atoms with Crippen molar-refractivity contribution in [2.75, 3.05) is 30.3 Å². The fraction of sp³-hybridized carbons (Fsp3) is 0.429. The molecule has 0 saturated heterocycles. The predicted molar refractivity (Wildman–Crippen MR) is 80.9 cm³/mol. The number of halogens is 3. The van der Waals surface area contributed by atoms with Crippen molar-refractivity contribution in [3.05, 3.63) is 23.8 Å². The average Bonchev–Trinajstić information content (AvgIpc) is 2.50. The van der Waals surface area contributed by atoms with Crippen LogP contribution in [0, 0.1) is 0 Å².